The molecule has 0 bridgehead atoms. The highest BCUT2D eigenvalue weighted by molar-refractivity contribution is 5.23. The fraction of sp³-hybridized carbons (Fsp3) is 0.333. The quantitative estimate of drug-likeness (QED) is 0.731. The molecule has 2 atom stereocenters. The molecule has 0 saturated carbocycles. The van der Waals surface area contributed by atoms with Crippen molar-refractivity contribution >= 4 is 0 Å². The van der Waals surface area contributed by atoms with E-state index in [-0.39, 0.29) is 6.04 Å². The molecule has 1 rings (SSSR count). The van der Waals surface area contributed by atoms with Gasteiger partial charge >= 0.3 is 0 Å². The van der Waals surface area contributed by atoms with Gasteiger partial charge in [-0.05, 0) is 12.5 Å². The Labute approximate surface area is 95.5 Å². The monoisotopic (exact) mass is 214 g/mol. The van der Waals surface area contributed by atoms with Crippen LogP contribution in [0.3, 0.4) is 0 Å². The molecule has 2 N–H and O–H groups in total. The van der Waals surface area contributed by atoms with Crippen molar-refractivity contribution in [3.05, 3.63) is 35.9 Å². The summed E-state index contributed by atoms with van der Waals surface area (Å²) in [6.45, 7) is 1.88. The highest BCUT2D eigenvalue weighted by atomic mass is 15.4. The highest BCUT2D eigenvalue weighted by Crippen LogP contribution is 2.09. The molecule has 0 amide bonds. The van der Waals surface area contributed by atoms with E-state index in [0.717, 1.165) is 5.56 Å². The number of hydrazine groups is 1. The second-order valence-corrected chi connectivity index (χ2v) is 3.52. The smallest absolute Gasteiger partial charge is 0.133 e. The van der Waals surface area contributed by atoms with Crippen LogP contribution in [0.5, 0.6) is 0 Å². The fourth-order valence-corrected chi connectivity index (χ4v) is 1.25. The lowest BCUT2D eigenvalue weighted by atomic mass is 10.1. The lowest BCUT2D eigenvalue weighted by Gasteiger charge is -2.16. The first-order chi connectivity index (χ1) is 7.77. The molecule has 4 heteroatoms. The molecule has 4 nitrogen and oxygen atoms in total. The molecule has 82 valence electrons. The average Bonchev–Trinajstić information content (AvgIpc) is 2.31. The van der Waals surface area contributed by atoms with Gasteiger partial charge in [0, 0.05) is 6.04 Å². The Kier molecular flexibility index (Phi) is 5.01. The van der Waals surface area contributed by atoms with Crippen LogP contribution in [0.25, 0.3) is 0 Å². The highest BCUT2D eigenvalue weighted by Gasteiger charge is 2.09. The molecule has 0 heterocycles. The second-order valence-electron chi connectivity index (χ2n) is 3.52. The molecule has 0 radical (unpaired) electrons. The van der Waals surface area contributed by atoms with Crippen LogP contribution in [0.15, 0.2) is 30.3 Å². The molecule has 1 aromatic carbocycles. The van der Waals surface area contributed by atoms with Crippen molar-refractivity contribution in [1.29, 1.82) is 10.5 Å². The normalized spacial score (nSPS) is 13.4. The van der Waals surface area contributed by atoms with Crippen LogP contribution in [0, 0.1) is 22.7 Å². The molecule has 0 aromatic heterocycles. The molecule has 0 aliphatic heterocycles. The third-order valence-electron chi connectivity index (χ3n) is 2.13. The fourth-order valence-electron chi connectivity index (χ4n) is 1.25. The number of hydrogen-bond donors (Lipinski definition) is 2. The predicted octanol–water partition coefficient (Wildman–Crippen LogP) is 1.65. The van der Waals surface area contributed by atoms with Crippen LogP contribution in [0.4, 0.5) is 0 Å². The third kappa shape index (κ3) is 3.70. The standard InChI is InChI=1S/C12H14N4/c1-10(7-8-13)15-16-12(9-14)11-5-3-2-4-6-11/h2-6,10,12,15-16H,7H2,1H3. The molecule has 0 aliphatic carbocycles. The zero-order valence-corrected chi connectivity index (χ0v) is 9.14. The van der Waals surface area contributed by atoms with Crippen LogP contribution in [-0.2, 0) is 0 Å². The van der Waals surface area contributed by atoms with Gasteiger partial charge in [-0.25, -0.2) is 5.43 Å². The van der Waals surface area contributed by atoms with E-state index >= 15 is 0 Å². The SMILES string of the molecule is CC(CC#N)NNC(C#N)c1ccccc1. The summed E-state index contributed by atoms with van der Waals surface area (Å²) in [7, 11) is 0. The summed E-state index contributed by atoms with van der Waals surface area (Å²) in [6.07, 6.45) is 0.403. The molecule has 0 fully saturated rings. The molecule has 16 heavy (non-hydrogen) atoms. The summed E-state index contributed by atoms with van der Waals surface area (Å²) >= 11 is 0. The second kappa shape index (κ2) is 6.58. The van der Waals surface area contributed by atoms with Gasteiger partial charge in [-0.3, -0.25) is 5.43 Å². The Morgan fingerprint density at radius 3 is 2.44 bits per heavy atom. The lowest BCUT2D eigenvalue weighted by Crippen LogP contribution is -2.40. The van der Waals surface area contributed by atoms with Gasteiger partial charge in [0.05, 0.1) is 18.6 Å². The summed E-state index contributed by atoms with van der Waals surface area (Å²) < 4.78 is 0. The van der Waals surface area contributed by atoms with E-state index in [9.17, 15) is 0 Å². The zero-order chi connectivity index (χ0) is 11.8. The Morgan fingerprint density at radius 1 is 1.19 bits per heavy atom. The van der Waals surface area contributed by atoms with Gasteiger partial charge in [0.15, 0.2) is 0 Å². The molecule has 2 unspecified atom stereocenters. The molecule has 1 aromatic rings. The van der Waals surface area contributed by atoms with Crippen LogP contribution in [-0.4, -0.2) is 6.04 Å². The lowest BCUT2D eigenvalue weighted by molar-refractivity contribution is 0.429. The van der Waals surface area contributed by atoms with Crippen molar-refractivity contribution in [2.45, 2.75) is 25.4 Å². The Balaban J connectivity index is 2.52. The first-order valence-corrected chi connectivity index (χ1v) is 5.10. The number of benzene rings is 1. The maximum atomic E-state index is 9.00. The summed E-state index contributed by atoms with van der Waals surface area (Å²) in [5.41, 5.74) is 6.75. The Hall–Kier alpha value is -1.88. The predicted molar refractivity (Wildman–Crippen MR) is 60.8 cm³/mol. The summed E-state index contributed by atoms with van der Waals surface area (Å²) in [4.78, 5) is 0. The maximum absolute atomic E-state index is 9.00. The minimum atomic E-state index is -0.401. The minimum Gasteiger partial charge on any atom is -0.252 e. The Morgan fingerprint density at radius 2 is 1.88 bits per heavy atom. The maximum Gasteiger partial charge on any atom is 0.133 e. The van der Waals surface area contributed by atoms with Gasteiger partial charge in [-0.2, -0.15) is 10.5 Å². The molecule has 0 aliphatic rings. The van der Waals surface area contributed by atoms with Gasteiger partial charge in [0.25, 0.3) is 0 Å². The van der Waals surface area contributed by atoms with Crippen LogP contribution < -0.4 is 10.9 Å². The minimum absolute atomic E-state index is 0.0181. The van der Waals surface area contributed by atoms with Gasteiger partial charge in [-0.15, -0.1) is 0 Å². The number of nitrogens with one attached hydrogen (secondary N) is 2. The molecular formula is C12H14N4. The van der Waals surface area contributed by atoms with E-state index in [1.807, 2.05) is 37.3 Å². The van der Waals surface area contributed by atoms with Crippen molar-refractivity contribution in [2.24, 2.45) is 0 Å². The molecule has 0 saturated heterocycles. The first-order valence-electron chi connectivity index (χ1n) is 5.10. The zero-order valence-electron chi connectivity index (χ0n) is 9.14. The largest absolute Gasteiger partial charge is 0.252 e. The Bertz CT molecular complexity index is 388. The van der Waals surface area contributed by atoms with Gasteiger partial charge in [0.1, 0.15) is 6.04 Å². The molecule has 0 spiro atoms. The van der Waals surface area contributed by atoms with Gasteiger partial charge in [0.2, 0.25) is 0 Å². The van der Waals surface area contributed by atoms with E-state index in [1.165, 1.54) is 0 Å². The van der Waals surface area contributed by atoms with E-state index in [0.29, 0.717) is 6.42 Å². The molecular weight excluding hydrogens is 200 g/mol. The first kappa shape index (κ1) is 12.2. The van der Waals surface area contributed by atoms with E-state index in [4.69, 9.17) is 10.5 Å². The average molecular weight is 214 g/mol. The van der Waals surface area contributed by atoms with Crippen molar-refractivity contribution in [1.82, 2.24) is 10.9 Å². The van der Waals surface area contributed by atoms with Gasteiger partial charge in [-0.1, -0.05) is 30.3 Å². The topological polar surface area (TPSA) is 71.6 Å². The number of nitrogens with zero attached hydrogens (tertiary/aromatic N) is 2. The van der Waals surface area contributed by atoms with Crippen molar-refractivity contribution < 1.29 is 0 Å². The van der Waals surface area contributed by atoms with Crippen LogP contribution >= 0.6 is 0 Å². The van der Waals surface area contributed by atoms with Gasteiger partial charge < -0.3 is 0 Å². The van der Waals surface area contributed by atoms with Crippen molar-refractivity contribution in [3.63, 3.8) is 0 Å². The van der Waals surface area contributed by atoms with E-state index < -0.39 is 6.04 Å². The van der Waals surface area contributed by atoms with E-state index in [1.54, 1.807) is 0 Å². The summed E-state index contributed by atoms with van der Waals surface area (Å²) in [5.74, 6) is 0. The number of hydrogen-bond acceptors (Lipinski definition) is 4. The van der Waals surface area contributed by atoms with Crippen molar-refractivity contribution in [3.8, 4) is 12.1 Å². The summed E-state index contributed by atoms with van der Waals surface area (Å²) in [6, 6.07) is 13.3. The number of nitriles is 2. The van der Waals surface area contributed by atoms with Crippen molar-refractivity contribution in [2.75, 3.05) is 0 Å². The van der Waals surface area contributed by atoms with Crippen LogP contribution in [0.1, 0.15) is 24.9 Å². The third-order valence-corrected chi connectivity index (χ3v) is 2.13. The number of rotatable bonds is 5. The van der Waals surface area contributed by atoms with Crippen LogP contribution in [0.2, 0.25) is 0 Å². The summed E-state index contributed by atoms with van der Waals surface area (Å²) in [5, 5.41) is 17.5. The van der Waals surface area contributed by atoms with E-state index in [2.05, 4.69) is 23.0 Å².